The molecule has 6 heteroatoms. The number of likely N-dealkylation sites (tertiary alicyclic amines) is 1. The van der Waals surface area contributed by atoms with Crippen LogP contribution in [0.1, 0.15) is 23.7 Å². The van der Waals surface area contributed by atoms with E-state index in [1.54, 1.807) is 16.9 Å². The van der Waals surface area contributed by atoms with Gasteiger partial charge in [0.05, 0.1) is 11.9 Å². The molecule has 2 aromatic heterocycles. The Morgan fingerprint density at radius 2 is 2.08 bits per heavy atom. The standard InChI is InChI=1S/C19H21N5O/c1-19(12-20)8-10-23(13-19)18(25)15-11-22-24-16(7-9-21-17(15)24)14-5-3-2-4-6-14/h2-7,9,11H,8,10,12-13,20H2,1H3. The summed E-state index contributed by atoms with van der Waals surface area (Å²) in [6, 6.07) is 11.9. The van der Waals surface area contributed by atoms with Crippen molar-refractivity contribution in [3.05, 3.63) is 54.4 Å². The fourth-order valence-corrected chi connectivity index (χ4v) is 3.40. The number of rotatable bonds is 3. The van der Waals surface area contributed by atoms with Gasteiger partial charge in [0.15, 0.2) is 5.65 Å². The molecule has 128 valence electrons. The molecular formula is C19H21N5O. The van der Waals surface area contributed by atoms with E-state index in [4.69, 9.17) is 5.73 Å². The Balaban J connectivity index is 1.72. The lowest BCUT2D eigenvalue weighted by atomic mass is 9.90. The van der Waals surface area contributed by atoms with Gasteiger partial charge in [-0.3, -0.25) is 4.79 Å². The number of nitrogens with zero attached hydrogens (tertiary/aromatic N) is 4. The van der Waals surface area contributed by atoms with Crippen LogP contribution in [0.5, 0.6) is 0 Å². The first kappa shape index (κ1) is 15.8. The molecule has 6 nitrogen and oxygen atoms in total. The van der Waals surface area contributed by atoms with Gasteiger partial charge in [-0.05, 0) is 24.4 Å². The van der Waals surface area contributed by atoms with Gasteiger partial charge in [0.2, 0.25) is 0 Å². The van der Waals surface area contributed by atoms with E-state index < -0.39 is 0 Å². The van der Waals surface area contributed by atoms with Crippen molar-refractivity contribution >= 4 is 11.6 Å². The number of carbonyl (C=O) groups is 1. The van der Waals surface area contributed by atoms with Crippen molar-refractivity contribution in [2.45, 2.75) is 13.3 Å². The average molecular weight is 335 g/mol. The van der Waals surface area contributed by atoms with Gasteiger partial charge in [-0.15, -0.1) is 0 Å². The van der Waals surface area contributed by atoms with E-state index in [1.165, 1.54) is 0 Å². The summed E-state index contributed by atoms with van der Waals surface area (Å²) in [5.74, 6) is -0.0233. The SMILES string of the molecule is CC1(CN)CCN(C(=O)c2cnn3c(-c4ccccc4)ccnc23)C1. The van der Waals surface area contributed by atoms with E-state index in [2.05, 4.69) is 17.0 Å². The lowest BCUT2D eigenvalue weighted by Gasteiger charge is -2.22. The van der Waals surface area contributed by atoms with Crippen LogP contribution in [0.4, 0.5) is 0 Å². The molecule has 0 spiro atoms. The van der Waals surface area contributed by atoms with Crippen LogP contribution < -0.4 is 5.73 Å². The fraction of sp³-hybridized carbons (Fsp3) is 0.316. The molecule has 0 saturated carbocycles. The Labute approximate surface area is 146 Å². The minimum Gasteiger partial charge on any atom is -0.338 e. The van der Waals surface area contributed by atoms with E-state index in [0.717, 1.165) is 24.2 Å². The van der Waals surface area contributed by atoms with Crippen molar-refractivity contribution in [1.29, 1.82) is 0 Å². The Morgan fingerprint density at radius 3 is 2.80 bits per heavy atom. The number of benzene rings is 1. The second-order valence-electron chi connectivity index (χ2n) is 6.98. The summed E-state index contributed by atoms with van der Waals surface area (Å²) in [6.45, 7) is 4.12. The van der Waals surface area contributed by atoms with Crippen LogP contribution in [0.2, 0.25) is 0 Å². The normalized spacial score (nSPS) is 20.3. The molecule has 1 fully saturated rings. The van der Waals surface area contributed by atoms with Gasteiger partial charge < -0.3 is 10.6 Å². The summed E-state index contributed by atoms with van der Waals surface area (Å²) in [5, 5.41) is 4.43. The maximum absolute atomic E-state index is 13.0. The number of hydrogen-bond donors (Lipinski definition) is 1. The molecule has 25 heavy (non-hydrogen) atoms. The van der Waals surface area contributed by atoms with Crippen LogP contribution in [0.25, 0.3) is 16.9 Å². The fourth-order valence-electron chi connectivity index (χ4n) is 3.40. The quantitative estimate of drug-likeness (QED) is 0.796. The van der Waals surface area contributed by atoms with Crippen LogP contribution in [0.15, 0.2) is 48.8 Å². The molecular weight excluding hydrogens is 314 g/mol. The molecule has 4 rings (SSSR count). The van der Waals surface area contributed by atoms with Crippen LogP contribution in [-0.4, -0.2) is 45.0 Å². The van der Waals surface area contributed by atoms with Crippen molar-refractivity contribution in [3.8, 4) is 11.3 Å². The molecule has 0 bridgehead atoms. The Bertz CT molecular complexity index is 920. The number of hydrogen-bond acceptors (Lipinski definition) is 4. The van der Waals surface area contributed by atoms with E-state index in [1.807, 2.05) is 41.3 Å². The first-order valence-corrected chi connectivity index (χ1v) is 8.49. The molecule has 1 aliphatic rings. The van der Waals surface area contributed by atoms with Crippen molar-refractivity contribution < 1.29 is 4.79 Å². The predicted molar refractivity (Wildman–Crippen MR) is 96.1 cm³/mol. The minimum absolute atomic E-state index is 0.00125. The second-order valence-corrected chi connectivity index (χ2v) is 6.98. The monoisotopic (exact) mass is 335 g/mol. The van der Waals surface area contributed by atoms with Gasteiger partial charge in [-0.2, -0.15) is 5.10 Å². The highest BCUT2D eigenvalue weighted by Gasteiger charge is 2.36. The molecule has 3 aromatic rings. The van der Waals surface area contributed by atoms with E-state index in [0.29, 0.717) is 24.3 Å². The third-order valence-corrected chi connectivity index (χ3v) is 5.04. The van der Waals surface area contributed by atoms with E-state index >= 15 is 0 Å². The van der Waals surface area contributed by atoms with Crippen LogP contribution >= 0.6 is 0 Å². The topological polar surface area (TPSA) is 76.5 Å². The maximum atomic E-state index is 13.0. The summed E-state index contributed by atoms with van der Waals surface area (Å²) in [4.78, 5) is 19.2. The summed E-state index contributed by atoms with van der Waals surface area (Å²) < 4.78 is 1.74. The first-order valence-electron chi connectivity index (χ1n) is 8.49. The second kappa shape index (κ2) is 5.97. The highest BCUT2D eigenvalue weighted by atomic mass is 16.2. The highest BCUT2D eigenvalue weighted by molar-refractivity contribution is 6.00. The van der Waals surface area contributed by atoms with Gasteiger partial charge in [0.25, 0.3) is 5.91 Å². The number of fused-ring (bicyclic) bond motifs is 1. The van der Waals surface area contributed by atoms with Crippen molar-refractivity contribution in [1.82, 2.24) is 19.5 Å². The van der Waals surface area contributed by atoms with E-state index in [9.17, 15) is 4.79 Å². The number of aromatic nitrogens is 3. The van der Waals surface area contributed by atoms with Crippen LogP contribution in [0.3, 0.4) is 0 Å². The molecule has 1 atom stereocenters. The van der Waals surface area contributed by atoms with Gasteiger partial charge >= 0.3 is 0 Å². The van der Waals surface area contributed by atoms with Crippen LogP contribution in [-0.2, 0) is 0 Å². The lowest BCUT2D eigenvalue weighted by Crippen LogP contribution is -2.34. The number of amides is 1. The molecule has 0 radical (unpaired) electrons. The Kier molecular flexibility index (Phi) is 3.77. The zero-order valence-corrected chi connectivity index (χ0v) is 14.2. The lowest BCUT2D eigenvalue weighted by molar-refractivity contribution is 0.0778. The van der Waals surface area contributed by atoms with Crippen molar-refractivity contribution in [2.24, 2.45) is 11.1 Å². The van der Waals surface area contributed by atoms with Crippen molar-refractivity contribution in [3.63, 3.8) is 0 Å². The third kappa shape index (κ3) is 2.68. The smallest absolute Gasteiger partial charge is 0.259 e. The highest BCUT2D eigenvalue weighted by Crippen LogP contribution is 2.30. The Morgan fingerprint density at radius 1 is 1.28 bits per heavy atom. The Hall–Kier alpha value is -2.73. The molecule has 0 aliphatic carbocycles. The predicted octanol–water partition coefficient (Wildman–Crippen LogP) is 2.21. The molecule has 1 aromatic carbocycles. The van der Waals surface area contributed by atoms with Gasteiger partial charge in [0.1, 0.15) is 5.56 Å². The zero-order chi connectivity index (χ0) is 17.4. The van der Waals surface area contributed by atoms with E-state index in [-0.39, 0.29) is 11.3 Å². The minimum atomic E-state index is -0.0233. The molecule has 3 heterocycles. The molecule has 1 unspecified atom stereocenters. The van der Waals surface area contributed by atoms with Gasteiger partial charge in [0, 0.05) is 24.8 Å². The third-order valence-electron chi connectivity index (χ3n) is 5.04. The summed E-state index contributed by atoms with van der Waals surface area (Å²) >= 11 is 0. The molecule has 1 amide bonds. The summed E-state index contributed by atoms with van der Waals surface area (Å²) in [7, 11) is 0. The molecule has 2 N–H and O–H groups in total. The summed E-state index contributed by atoms with van der Waals surface area (Å²) in [5.41, 5.74) is 8.94. The van der Waals surface area contributed by atoms with Gasteiger partial charge in [-0.1, -0.05) is 37.3 Å². The number of carbonyl (C=O) groups excluding carboxylic acids is 1. The molecule has 1 saturated heterocycles. The summed E-state index contributed by atoms with van der Waals surface area (Å²) in [6.07, 6.45) is 4.27. The average Bonchev–Trinajstić information content (AvgIpc) is 3.26. The number of nitrogens with two attached hydrogens (primary N) is 1. The zero-order valence-electron chi connectivity index (χ0n) is 14.2. The molecule has 1 aliphatic heterocycles. The van der Waals surface area contributed by atoms with Crippen molar-refractivity contribution in [2.75, 3.05) is 19.6 Å². The van der Waals surface area contributed by atoms with Crippen LogP contribution in [0, 0.1) is 5.41 Å². The van der Waals surface area contributed by atoms with Gasteiger partial charge in [-0.25, -0.2) is 9.50 Å². The maximum Gasteiger partial charge on any atom is 0.259 e. The first-order chi connectivity index (χ1) is 12.1. The largest absolute Gasteiger partial charge is 0.338 e.